The lowest BCUT2D eigenvalue weighted by molar-refractivity contribution is 0.729. The van der Waals surface area contributed by atoms with Gasteiger partial charge >= 0.3 is 0 Å². The quantitative estimate of drug-likeness (QED) is 0.692. The van der Waals surface area contributed by atoms with Crippen LogP contribution in [0.1, 0.15) is 17.2 Å². The number of benzene rings is 1. The average Bonchev–Trinajstić information content (AvgIpc) is 3.04. The van der Waals surface area contributed by atoms with Crippen LogP contribution in [0.4, 0.5) is 0 Å². The lowest BCUT2D eigenvalue weighted by Crippen LogP contribution is -2.02. The van der Waals surface area contributed by atoms with Crippen LogP contribution in [-0.2, 0) is 12.8 Å². The van der Waals surface area contributed by atoms with Gasteiger partial charge in [0.2, 0.25) is 0 Å². The van der Waals surface area contributed by atoms with Crippen molar-refractivity contribution in [3.05, 3.63) is 47.8 Å². The Kier molecular flexibility index (Phi) is 3.74. The molecular weight excluding hydrogens is 284 g/mol. The number of rotatable bonds is 4. The van der Waals surface area contributed by atoms with Gasteiger partial charge in [0, 0.05) is 7.05 Å². The number of aromatic nitrogens is 6. The molecule has 0 saturated heterocycles. The average molecular weight is 300 g/mol. The SMILES string of the molecule is Cc1ccccc1-n1c(C)nnc1SCc1ncnn1C. The second-order valence-corrected chi connectivity index (χ2v) is 5.68. The van der Waals surface area contributed by atoms with E-state index >= 15 is 0 Å². The predicted molar refractivity (Wildman–Crippen MR) is 81.4 cm³/mol. The van der Waals surface area contributed by atoms with Crippen LogP contribution in [0.3, 0.4) is 0 Å². The van der Waals surface area contributed by atoms with Crippen molar-refractivity contribution in [1.82, 2.24) is 29.5 Å². The summed E-state index contributed by atoms with van der Waals surface area (Å²) in [5.41, 5.74) is 2.31. The molecule has 2 aromatic heterocycles. The summed E-state index contributed by atoms with van der Waals surface area (Å²) in [6.45, 7) is 4.05. The van der Waals surface area contributed by atoms with Gasteiger partial charge in [-0.2, -0.15) is 5.10 Å². The molecule has 108 valence electrons. The molecule has 0 aliphatic rings. The Morgan fingerprint density at radius 1 is 1.14 bits per heavy atom. The molecule has 21 heavy (non-hydrogen) atoms. The van der Waals surface area contributed by atoms with Gasteiger partial charge in [0.05, 0.1) is 11.4 Å². The fraction of sp³-hybridized carbons (Fsp3) is 0.286. The van der Waals surface area contributed by atoms with Gasteiger partial charge in [-0.3, -0.25) is 9.25 Å². The van der Waals surface area contributed by atoms with Crippen LogP contribution in [0.25, 0.3) is 5.69 Å². The minimum absolute atomic E-state index is 0.709. The van der Waals surface area contributed by atoms with E-state index in [0.717, 1.165) is 22.5 Å². The van der Waals surface area contributed by atoms with Crippen LogP contribution in [0.2, 0.25) is 0 Å². The molecule has 2 heterocycles. The number of hydrogen-bond donors (Lipinski definition) is 0. The van der Waals surface area contributed by atoms with Gasteiger partial charge in [0.15, 0.2) is 5.16 Å². The van der Waals surface area contributed by atoms with Crippen molar-refractivity contribution in [3.63, 3.8) is 0 Å². The van der Waals surface area contributed by atoms with Crippen LogP contribution < -0.4 is 0 Å². The second-order valence-electron chi connectivity index (χ2n) is 4.74. The standard InChI is InChI=1S/C14H16N6S/c1-10-6-4-5-7-12(10)20-11(2)17-18-14(20)21-8-13-15-9-16-19(13)3/h4-7,9H,8H2,1-3H3. The molecule has 0 spiro atoms. The smallest absolute Gasteiger partial charge is 0.196 e. The van der Waals surface area contributed by atoms with E-state index in [1.54, 1.807) is 22.8 Å². The van der Waals surface area contributed by atoms with E-state index < -0.39 is 0 Å². The summed E-state index contributed by atoms with van der Waals surface area (Å²) in [6.07, 6.45) is 1.56. The Hall–Kier alpha value is -2.15. The molecule has 0 amide bonds. The molecule has 0 unspecified atom stereocenters. The first-order valence-corrected chi connectivity index (χ1v) is 7.59. The molecule has 0 bridgehead atoms. The summed E-state index contributed by atoms with van der Waals surface area (Å²) in [4.78, 5) is 4.23. The van der Waals surface area contributed by atoms with Gasteiger partial charge in [-0.1, -0.05) is 30.0 Å². The molecular formula is C14H16N6S. The van der Waals surface area contributed by atoms with Crippen LogP contribution >= 0.6 is 11.8 Å². The molecule has 0 aliphatic carbocycles. The van der Waals surface area contributed by atoms with Gasteiger partial charge < -0.3 is 0 Å². The molecule has 0 N–H and O–H groups in total. The summed E-state index contributed by atoms with van der Waals surface area (Å²) in [7, 11) is 1.89. The molecule has 1 aromatic carbocycles. The molecule has 0 saturated carbocycles. The minimum atomic E-state index is 0.709. The van der Waals surface area contributed by atoms with Gasteiger partial charge in [-0.05, 0) is 25.5 Å². The largest absolute Gasteiger partial charge is 0.274 e. The fourth-order valence-corrected chi connectivity index (χ4v) is 3.09. The van der Waals surface area contributed by atoms with E-state index in [1.807, 2.05) is 26.1 Å². The number of hydrogen-bond acceptors (Lipinski definition) is 5. The topological polar surface area (TPSA) is 61.4 Å². The number of aryl methyl sites for hydroxylation is 3. The van der Waals surface area contributed by atoms with Gasteiger partial charge in [-0.15, -0.1) is 10.2 Å². The maximum atomic E-state index is 4.28. The fourth-order valence-electron chi connectivity index (χ4n) is 2.11. The van der Waals surface area contributed by atoms with E-state index in [2.05, 4.69) is 43.9 Å². The maximum Gasteiger partial charge on any atom is 0.196 e. The van der Waals surface area contributed by atoms with Crippen molar-refractivity contribution < 1.29 is 0 Å². The van der Waals surface area contributed by atoms with E-state index in [4.69, 9.17) is 0 Å². The molecule has 3 rings (SSSR count). The number of para-hydroxylation sites is 1. The van der Waals surface area contributed by atoms with Crippen molar-refractivity contribution in [2.75, 3.05) is 0 Å². The Morgan fingerprint density at radius 2 is 1.95 bits per heavy atom. The Bertz CT molecular complexity index is 760. The van der Waals surface area contributed by atoms with Crippen molar-refractivity contribution in [1.29, 1.82) is 0 Å². The summed E-state index contributed by atoms with van der Waals surface area (Å²) in [5.74, 6) is 2.50. The van der Waals surface area contributed by atoms with Gasteiger partial charge in [0.25, 0.3) is 0 Å². The monoisotopic (exact) mass is 300 g/mol. The molecule has 3 aromatic rings. The highest BCUT2D eigenvalue weighted by atomic mass is 32.2. The first-order valence-electron chi connectivity index (χ1n) is 6.60. The highest BCUT2D eigenvalue weighted by Crippen LogP contribution is 2.25. The lowest BCUT2D eigenvalue weighted by Gasteiger charge is -2.10. The maximum absolute atomic E-state index is 4.28. The predicted octanol–water partition coefficient (Wildman–Crippen LogP) is 2.30. The summed E-state index contributed by atoms with van der Waals surface area (Å²) >= 11 is 1.61. The Balaban J connectivity index is 1.91. The first-order chi connectivity index (χ1) is 10.2. The zero-order valence-corrected chi connectivity index (χ0v) is 13.0. The van der Waals surface area contributed by atoms with Crippen LogP contribution in [0, 0.1) is 13.8 Å². The van der Waals surface area contributed by atoms with Gasteiger partial charge in [-0.25, -0.2) is 4.98 Å². The molecule has 0 radical (unpaired) electrons. The molecule has 7 heteroatoms. The normalized spacial score (nSPS) is 11.0. The van der Waals surface area contributed by atoms with Crippen molar-refractivity contribution in [2.24, 2.45) is 7.05 Å². The van der Waals surface area contributed by atoms with Crippen LogP contribution in [0.5, 0.6) is 0 Å². The molecule has 0 aliphatic heterocycles. The van der Waals surface area contributed by atoms with Crippen LogP contribution in [-0.4, -0.2) is 29.5 Å². The Morgan fingerprint density at radius 3 is 2.67 bits per heavy atom. The highest BCUT2D eigenvalue weighted by molar-refractivity contribution is 7.98. The van der Waals surface area contributed by atoms with Crippen LogP contribution in [0.15, 0.2) is 35.7 Å². The van der Waals surface area contributed by atoms with E-state index in [0.29, 0.717) is 5.75 Å². The zero-order chi connectivity index (χ0) is 14.8. The summed E-state index contributed by atoms with van der Waals surface area (Å²) < 4.78 is 3.85. The second kappa shape index (κ2) is 5.69. The van der Waals surface area contributed by atoms with Crippen molar-refractivity contribution in [2.45, 2.75) is 24.8 Å². The van der Waals surface area contributed by atoms with Crippen molar-refractivity contribution >= 4 is 11.8 Å². The third-order valence-electron chi connectivity index (χ3n) is 3.29. The summed E-state index contributed by atoms with van der Waals surface area (Å²) in [6, 6.07) is 8.23. The number of thioether (sulfide) groups is 1. The third-order valence-corrected chi connectivity index (χ3v) is 4.21. The van der Waals surface area contributed by atoms with E-state index in [1.165, 1.54) is 5.56 Å². The van der Waals surface area contributed by atoms with Gasteiger partial charge in [0.1, 0.15) is 18.0 Å². The number of nitrogens with zero attached hydrogens (tertiary/aromatic N) is 6. The summed E-state index contributed by atoms with van der Waals surface area (Å²) in [5, 5.41) is 13.4. The van der Waals surface area contributed by atoms with E-state index in [9.17, 15) is 0 Å². The van der Waals surface area contributed by atoms with Crippen molar-refractivity contribution in [3.8, 4) is 5.69 Å². The molecule has 0 atom stereocenters. The zero-order valence-electron chi connectivity index (χ0n) is 12.2. The van der Waals surface area contributed by atoms with E-state index in [-0.39, 0.29) is 0 Å². The Labute approximate surface area is 127 Å². The highest BCUT2D eigenvalue weighted by Gasteiger charge is 2.14. The lowest BCUT2D eigenvalue weighted by atomic mass is 10.2. The minimum Gasteiger partial charge on any atom is -0.274 e. The molecule has 6 nitrogen and oxygen atoms in total. The third kappa shape index (κ3) is 2.69. The first kappa shape index (κ1) is 13.8. The molecule has 0 fully saturated rings.